The maximum atomic E-state index is 11.4. The SMILES string of the molecule is CN=C(NCCCOC(C)c1ccccc1)NCc1ccc(CS(C)(=O)=O)cc1.I. The van der Waals surface area contributed by atoms with Crippen LogP contribution in [0.15, 0.2) is 59.6 Å². The zero-order chi connectivity index (χ0) is 21.1. The van der Waals surface area contributed by atoms with Crippen molar-refractivity contribution >= 4 is 39.8 Å². The lowest BCUT2D eigenvalue weighted by Gasteiger charge is -2.15. The van der Waals surface area contributed by atoms with Gasteiger partial charge >= 0.3 is 0 Å². The molecule has 0 bridgehead atoms. The molecular formula is C22H32IN3O3S. The first kappa shape index (κ1) is 26.4. The minimum atomic E-state index is -3.01. The van der Waals surface area contributed by atoms with E-state index in [9.17, 15) is 8.42 Å². The molecule has 166 valence electrons. The zero-order valence-electron chi connectivity index (χ0n) is 17.8. The Bertz CT molecular complexity index is 872. The topological polar surface area (TPSA) is 79.8 Å². The van der Waals surface area contributed by atoms with Gasteiger partial charge in [-0.25, -0.2) is 8.42 Å². The fraction of sp³-hybridized carbons (Fsp3) is 0.409. The average Bonchev–Trinajstić information content (AvgIpc) is 2.70. The number of benzene rings is 2. The van der Waals surface area contributed by atoms with Gasteiger partial charge in [-0.1, -0.05) is 54.6 Å². The summed E-state index contributed by atoms with van der Waals surface area (Å²) in [4.78, 5) is 4.22. The molecule has 0 aliphatic heterocycles. The molecule has 2 N–H and O–H groups in total. The van der Waals surface area contributed by atoms with Crippen molar-refractivity contribution in [3.8, 4) is 0 Å². The van der Waals surface area contributed by atoms with Crippen LogP contribution in [0, 0.1) is 0 Å². The Morgan fingerprint density at radius 2 is 1.67 bits per heavy atom. The van der Waals surface area contributed by atoms with Crippen molar-refractivity contribution in [3.63, 3.8) is 0 Å². The molecule has 0 aliphatic rings. The van der Waals surface area contributed by atoms with Crippen LogP contribution < -0.4 is 10.6 Å². The highest BCUT2D eigenvalue weighted by molar-refractivity contribution is 14.0. The van der Waals surface area contributed by atoms with E-state index >= 15 is 0 Å². The van der Waals surface area contributed by atoms with E-state index in [0.29, 0.717) is 13.2 Å². The monoisotopic (exact) mass is 545 g/mol. The number of ether oxygens (including phenoxy) is 1. The molecule has 0 saturated carbocycles. The number of nitrogens with zero attached hydrogens (tertiary/aromatic N) is 1. The fourth-order valence-corrected chi connectivity index (χ4v) is 3.62. The first-order chi connectivity index (χ1) is 13.9. The van der Waals surface area contributed by atoms with Crippen LogP contribution >= 0.6 is 24.0 Å². The van der Waals surface area contributed by atoms with Crippen molar-refractivity contribution in [2.45, 2.75) is 31.7 Å². The van der Waals surface area contributed by atoms with Gasteiger partial charge in [-0.2, -0.15) is 0 Å². The summed E-state index contributed by atoms with van der Waals surface area (Å²) >= 11 is 0. The van der Waals surface area contributed by atoms with Crippen LogP contribution in [0.3, 0.4) is 0 Å². The van der Waals surface area contributed by atoms with Crippen LogP contribution in [0.25, 0.3) is 0 Å². The molecule has 0 fully saturated rings. The van der Waals surface area contributed by atoms with Gasteiger partial charge in [-0.3, -0.25) is 4.99 Å². The van der Waals surface area contributed by atoms with Crippen molar-refractivity contribution in [3.05, 3.63) is 71.3 Å². The van der Waals surface area contributed by atoms with Crippen molar-refractivity contribution in [1.29, 1.82) is 0 Å². The molecule has 0 radical (unpaired) electrons. The minimum Gasteiger partial charge on any atom is -0.374 e. The predicted molar refractivity (Wildman–Crippen MR) is 134 cm³/mol. The quantitative estimate of drug-likeness (QED) is 0.206. The standard InChI is InChI=1S/C22H31N3O3S.HI/c1-18(21-8-5-4-6-9-21)28-15-7-14-24-22(23-2)25-16-19-10-12-20(13-11-19)17-29(3,26)27;/h4-6,8-13,18H,7,14-17H2,1-3H3,(H2,23,24,25);1H. The second-order valence-corrected chi connectivity index (χ2v) is 9.16. The van der Waals surface area contributed by atoms with Gasteiger partial charge in [0.1, 0.15) is 0 Å². The Hall–Kier alpha value is -1.65. The van der Waals surface area contributed by atoms with Crippen molar-refractivity contribution < 1.29 is 13.2 Å². The molecule has 2 aromatic rings. The number of sulfone groups is 1. The molecule has 2 rings (SSSR count). The van der Waals surface area contributed by atoms with Crippen LogP contribution in [0.5, 0.6) is 0 Å². The third kappa shape index (κ3) is 10.4. The molecule has 1 atom stereocenters. The number of guanidine groups is 1. The van der Waals surface area contributed by atoms with Gasteiger partial charge in [-0.15, -0.1) is 24.0 Å². The van der Waals surface area contributed by atoms with Gasteiger partial charge in [0.2, 0.25) is 0 Å². The molecule has 8 heteroatoms. The summed E-state index contributed by atoms with van der Waals surface area (Å²) in [7, 11) is -1.28. The van der Waals surface area contributed by atoms with E-state index in [0.717, 1.165) is 30.1 Å². The highest BCUT2D eigenvalue weighted by atomic mass is 127. The summed E-state index contributed by atoms with van der Waals surface area (Å²) in [6.45, 7) is 4.10. The highest BCUT2D eigenvalue weighted by Gasteiger charge is 2.06. The maximum absolute atomic E-state index is 11.4. The van der Waals surface area contributed by atoms with Crippen LogP contribution in [0.4, 0.5) is 0 Å². The van der Waals surface area contributed by atoms with Gasteiger partial charge < -0.3 is 15.4 Å². The van der Waals surface area contributed by atoms with Crippen molar-refractivity contribution in [2.75, 3.05) is 26.5 Å². The normalized spacial score (nSPS) is 12.7. The Kier molecular flexibility index (Phi) is 12.0. The smallest absolute Gasteiger partial charge is 0.191 e. The van der Waals surface area contributed by atoms with E-state index < -0.39 is 9.84 Å². The van der Waals surface area contributed by atoms with Gasteiger partial charge in [-0.05, 0) is 30.0 Å². The number of hydrogen-bond donors (Lipinski definition) is 2. The molecule has 0 aromatic heterocycles. The van der Waals surface area contributed by atoms with Crippen LogP contribution in [0.1, 0.15) is 36.1 Å². The van der Waals surface area contributed by atoms with E-state index in [4.69, 9.17) is 4.74 Å². The molecule has 0 aliphatic carbocycles. The maximum Gasteiger partial charge on any atom is 0.191 e. The number of halogens is 1. The predicted octanol–water partition coefficient (Wildman–Crippen LogP) is 3.68. The van der Waals surface area contributed by atoms with Crippen molar-refractivity contribution in [1.82, 2.24) is 10.6 Å². The van der Waals surface area contributed by atoms with Gasteiger partial charge in [0.15, 0.2) is 15.8 Å². The average molecular weight is 545 g/mol. The largest absolute Gasteiger partial charge is 0.374 e. The van der Waals surface area contributed by atoms with Crippen LogP contribution in [-0.2, 0) is 26.9 Å². The van der Waals surface area contributed by atoms with Crippen molar-refractivity contribution in [2.24, 2.45) is 4.99 Å². The summed E-state index contributed by atoms with van der Waals surface area (Å²) in [5.74, 6) is 0.788. The molecule has 6 nitrogen and oxygen atoms in total. The number of nitrogens with one attached hydrogen (secondary N) is 2. The molecular weight excluding hydrogens is 513 g/mol. The minimum absolute atomic E-state index is 0. The van der Waals surface area contributed by atoms with E-state index in [1.165, 1.54) is 11.8 Å². The summed E-state index contributed by atoms with van der Waals surface area (Å²) in [6, 6.07) is 17.7. The molecule has 0 spiro atoms. The molecule has 0 amide bonds. The molecule has 0 heterocycles. The van der Waals surface area contributed by atoms with E-state index in [1.807, 2.05) is 42.5 Å². The zero-order valence-corrected chi connectivity index (χ0v) is 20.9. The van der Waals surface area contributed by atoms with Crippen LogP contribution in [0.2, 0.25) is 0 Å². The molecule has 30 heavy (non-hydrogen) atoms. The van der Waals surface area contributed by atoms with Crippen LogP contribution in [-0.4, -0.2) is 40.8 Å². The lowest BCUT2D eigenvalue weighted by atomic mass is 10.1. The second kappa shape index (κ2) is 13.6. The lowest BCUT2D eigenvalue weighted by molar-refractivity contribution is 0.0646. The fourth-order valence-electron chi connectivity index (χ4n) is 2.82. The number of hydrogen-bond acceptors (Lipinski definition) is 4. The highest BCUT2D eigenvalue weighted by Crippen LogP contribution is 2.15. The van der Waals surface area contributed by atoms with E-state index in [-0.39, 0.29) is 35.8 Å². The van der Waals surface area contributed by atoms with E-state index in [1.54, 1.807) is 7.05 Å². The molecule has 1 unspecified atom stereocenters. The Balaban J connectivity index is 0.00000450. The summed E-state index contributed by atoms with van der Waals surface area (Å²) in [5, 5.41) is 6.53. The number of rotatable bonds is 10. The second-order valence-electron chi connectivity index (χ2n) is 7.02. The lowest BCUT2D eigenvalue weighted by Crippen LogP contribution is -2.37. The Morgan fingerprint density at radius 1 is 1.03 bits per heavy atom. The van der Waals surface area contributed by atoms with Gasteiger partial charge in [0.05, 0.1) is 11.9 Å². The first-order valence-electron chi connectivity index (χ1n) is 9.74. The van der Waals surface area contributed by atoms with Gasteiger partial charge in [0.25, 0.3) is 0 Å². The Labute approximate surface area is 197 Å². The van der Waals surface area contributed by atoms with E-state index in [2.05, 4.69) is 34.7 Å². The third-order valence-corrected chi connectivity index (χ3v) is 5.24. The first-order valence-corrected chi connectivity index (χ1v) is 11.8. The summed E-state index contributed by atoms with van der Waals surface area (Å²) in [6.07, 6.45) is 2.20. The Morgan fingerprint density at radius 3 is 2.27 bits per heavy atom. The molecule has 0 saturated heterocycles. The summed E-state index contributed by atoms with van der Waals surface area (Å²) < 4.78 is 28.6. The summed E-state index contributed by atoms with van der Waals surface area (Å²) in [5.41, 5.74) is 3.04. The third-order valence-electron chi connectivity index (χ3n) is 4.39. The number of aliphatic imine (C=N–C) groups is 1. The van der Waals surface area contributed by atoms with Gasteiger partial charge in [0, 0.05) is 33.0 Å². The molecule has 2 aromatic carbocycles.